The Morgan fingerprint density at radius 3 is 2.54 bits per heavy atom. The molecule has 0 bridgehead atoms. The zero-order chi connectivity index (χ0) is 29.8. The second-order valence-electron chi connectivity index (χ2n) is 9.84. The Balaban J connectivity index is 1.64. The van der Waals surface area contributed by atoms with Crippen LogP contribution in [-0.2, 0) is 24.1 Å². The molecular weight excluding hydrogens is 573 g/mol. The van der Waals surface area contributed by atoms with Crippen molar-refractivity contribution in [2.75, 3.05) is 11.6 Å². The number of carbonyl (C=O) groups is 1. The van der Waals surface area contributed by atoms with Crippen LogP contribution >= 0.6 is 11.6 Å². The number of carbonyl (C=O) groups excluding carboxylic acids is 1. The van der Waals surface area contributed by atoms with Gasteiger partial charge in [0.05, 0.1) is 39.8 Å². The van der Waals surface area contributed by atoms with Gasteiger partial charge >= 0.3 is 0 Å². The van der Waals surface area contributed by atoms with Crippen molar-refractivity contribution in [3.63, 3.8) is 0 Å². The van der Waals surface area contributed by atoms with Gasteiger partial charge in [-0.2, -0.15) is 5.10 Å². The third-order valence-electron chi connectivity index (χ3n) is 6.49. The molecule has 5 aromatic rings. The Bertz CT molecular complexity index is 2060. The number of aryl methyl sites for hydroxylation is 2. The molecule has 0 saturated carbocycles. The van der Waals surface area contributed by atoms with Crippen LogP contribution in [0.2, 0.25) is 5.15 Å². The predicted octanol–water partition coefficient (Wildman–Crippen LogP) is 3.85. The molecule has 5 rings (SSSR count). The number of benzene rings is 2. The molecule has 0 spiro atoms. The Hall–Kier alpha value is -4.36. The van der Waals surface area contributed by atoms with E-state index in [0.717, 1.165) is 11.8 Å². The van der Waals surface area contributed by atoms with Gasteiger partial charge in [-0.15, -0.1) is 0 Å². The lowest BCUT2D eigenvalue weighted by Gasteiger charge is -2.20. The molecule has 212 valence electrons. The van der Waals surface area contributed by atoms with Gasteiger partial charge in [-0.25, -0.2) is 27.5 Å². The van der Waals surface area contributed by atoms with E-state index in [1.165, 1.54) is 27.4 Å². The van der Waals surface area contributed by atoms with E-state index in [2.05, 4.69) is 15.4 Å². The Morgan fingerprint density at radius 1 is 1.10 bits per heavy atom. The van der Waals surface area contributed by atoms with Crippen LogP contribution in [0.4, 0.5) is 10.1 Å². The molecule has 0 fully saturated rings. The number of fused-ring (bicyclic) bond motifs is 2. The lowest BCUT2D eigenvalue weighted by Crippen LogP contribution is -2.31. The first kappa shape index (κ1) is 28.2. The third kappa shape index (κ3) is 5.50. The molecule has 0 radical (unpaired) electrons. The summed E-state index contributed by atoms with van der Waals surface area (Å²) in [7, 11) is -0.599. The van der Waals surface area contributed by atoms with E-state index in [1.54, 1.807) is 39.3 Å². The molecule has 0 aliphatic carbocycles. The number of amides is 1. The van der Waals surface area contributed by atoms with Crippen LogP contribution < -0.4 is 15.6 Å². The van der Waals surface area contributed by atoms with Crippen LogP contribution in [0, 0.1) is 12.7 Å². The summed E-state index contributed by atoms with van der Waals surface area (Å²) in [5.74, 6) is -1.21. The normalized spacial score (nSPS) is 12.6. The van der Waals surface area contributed by atoms with Gasteiger partial charge in [0, 0.05) is 31.4 Å². The fraction of sp³-hybridized carbons (Fsp3) is 0.222. The van der Waals surface area contributed by atoms with E-state index >= 15 is 0 Å². The van der Waals surface area contributed by atoms with Gasteiger partial charge in [0.25, 0.3) is 11.5 Å². The fourth-order valence-electron chi connectivity index (χ4n) is 4.72. The van der Waals surface area contributed by atoms with E-state index in [1.807, 2.05) is 17.7 Å². The molecule has 3 aromatic heterocycles. The summed E-state index contributed by atoms with van der Waals surface area (Å²) in [4.78, 5) is 35.0. The van der Waals surface area contributed by atoms with Gasteiger partial charge in [0.15, 0.2) is 5.69 Å². The summed E-state index contributed by atoms with van der Waals surface area (Å²) in [6.45, 7) is 3.63. The second kappa shape index (κ2) is 10.2. The van der Waals surface area contributed by atoms with Gasteiger partial charge in [-0.1, -0.05) is 17.7 Å². The molecule has 0 aliphatic rings. The zero-order valence-corrected chi connectivity index (χ0v) is 24.2. The summed E-state index contributed by atoms with van der Waals surface area (Å²) in [5.41, 5.74) is 2.24. The summed E-state index contributed by atoms with van der Waals surface area (Å²) < 4.78 is 43.1. The van der Waals surface area contributed by atoms with Crippen molar-refractivity contribution in [1.82, 2.24) is 29.0 Å². The van der Waals surface area contributed by atoms with E-state index < -0.39 is 27.8 Å². The number of hydrogen-bond acceptors (Lipinski definition) is 8. The Labute approximate surface area is 239 Å². The van der Waals surface area contributed by atoms with Crippen molar-refractivity contribution >= 4 is 55.0 Å². The average Bonchev–Trinajstić information content (AvgIpc) is 3.26. The van der Waals surface area contributed by atoms with E-state index in [-0.39, 0.29) is 27.9 Å². The second-order valence-corrected chi connectivity index (χ2v) is 12.0. The molecular formula is C27H25ClFN7O4S. The molecule has 41 heavy (non-hydrogen) atoms. The summed E-state index contributed by atoms with van der Waals surface area (Å²) >= 11 is 5.99. The number of halogens is 2. The summed E-state index contributed by atoms with van der Waals surface area (Å²) in [6.07, 6.45) is 2.43. The molecule has 11 nitrogen and oxygen atoms in total. The van der Waals surface area contributed by atoms with Gasteiger partial charge < -0.3 is 5.32 Å². The lowest BCUT2D eigenvalue weighted by atomic mass is 10.0. The number of pyridine rings is 1. The standard InChI is InChI=1S/C27H25ClFN7O4S/c1-13-8-16(14(2)30-20-6-7-22(28)31-24(20)26(37)34-41(5,39)40)23-17(9-13)27(38)36(4)25(32-23)15-10-19(29)18-12-35(3)33-21(18)11-15/h6-12,14,30H,1-5H3,(H,34,37)/t14-/m1/s1. The summed E-state index contributed by atoms with van der Waals surface area (Å²) in [5, 5.41) is 8.16. The monoisotopic (exact) mass is 597 g/mol. The molecule has 14 heteroatoms. The van der Waals surface area contributed by atoms with Gasteiger partial charge in [-0.05, 0) is 49.7 Å². The Kier molecular flexibility index (Phi) is 7.03. The SMILES string of the molecule is Cc1cc([C@@H](C)Nc2ccc(Cl)nc2C(=O)NS(C)(=O)=O)c2nc(-c3cc(F)c4cn(C)nc4c3)n(C)c(=O)c2c1. The Morgan fingerprint density at radius 2 is 1.83 bits per heavy atom. The predicted molar refractivity (Wildman–Crippen MR) is 155 cm³/mol. The highest BCUT2D eigenvalue weighted by Crippen LogP contribution is 2.30. The number of sulfonamides is 1. The molecule has 0 saturated heterocycles. The molecule has 0 aliphatic heterocycles. The van der Waals surface area contributed by atoms with Crippen molar-refractivity contribution in [2.24, 2.45) is 14.1 Å². The van der Waals surface area contributed by atoms with Crippen LogP contribution in [0.3, 0.4) is 0 Å². The number of aromatic nitrogens is 5. The van der Waals surface area contributed by atoms with Gasteiger partial charge in [0.1, 0.15) is 16.8 Å². The molecule has 3 heterocycles. The molecule has 0 unspecified atom stereocenters. The minimum atomic E-state index is -3.86. The van der Waals surface area contributed by atoms with Gasteiger partial charge in [0.2, 0.25) is 10.0 Å². The fourth-order valence-corrected chi connectivity index (χ4v) is 5.30. The number of hydrogen-bond donors (Lipinski definition) is 2. The molecule has 1 amide bonds. The average molecular weight is 598 g/mol. The van der Waals surface area contributed by atoms with Gasteiger partial charge in [-0.3, -0.25) is 18.8 Å². The quantitative estimate of drug-likeness (QED) is 0.281. The lowest BCUT2D eigenvalue weighted by molar-refractivity contribution is 0.0977. The minimum Gasteiger partial charge on any atom is -0.377 e. The van der Waals surface area contributed by atoms with E-state index in [9.17, 15) is 22.4 Å². The zero-order valence-electron chi connectivity index (χ0n) is 22.7. The molecule has 1 atom stereocenters. The number of nitrogens with zero attached hydrogens (tertiary/aromatic N) is 5. The minimum absolute atomic E-state index is 0.00484. The maximum Gasteiger partial charge on any atom is 0.285 e. The highest BCUT2D eigenvalue weighted by atomic mass is 35.5. The summed E-state index contributed by atoms with van der Waals surface area (Å²) in [6, 6.07) is 8.97. The first-order valence-corrected chi connectivity index (χ1v) is 14.6. The first-order valence-electron chi connectivity index (χ1n) is 12.3. The number of anilines is 1. The van der Waals surface area contributed by atoms with Crippen molar-refractivity contribution in [2.45, 2.75) is 19.9 Å². The maximum atomic E-state index is 15.0. The number of rotatable bonds is 6. The van der Waals surface area contributed by atoms with Crippen LogP contribution in [0.5, 0.6) is 0 Å². The highest BCUT2D eigenvalue weighted by molar-refractivity contribution is 7.89. The van der Waals surface area contributed by atoms with Crippen molar-refractivity contribution < 1.29 is 17.6 Å². The maximum absolute atomic E-state index is 15.0. The van der Waals surface area contributed by atoms with E-state index in [0.29, 0.717) is 32.9 Å². The van der Waals surface area contributed by atoms with Crippen LogP contribution in [0.25, 0.3) is 33.2 Å². The molecule has 2 N–H and O–H groups in total. The molecule has 2 aromatic carbocycles. The van der Waals surface area contributed by atoms with Crippen LogP contribution in [-0.4, -0.2) is 44.9 Å². The highest BCUT2D eigenvalue weighted by Gasteiger charge is 2.22. The van der Waals surface area contributed by atoms with Crippen molar-refractivity contribution in [1.29, 1.82) is 0 Å². The largest absolute Gasteiger partial charge is 0.377 e. The topological polar surface area (TPSA) is 141 Å². The smallest absolute Gasteiger partial charge is 0.285 e. The van der Waals surface area contributed by atoms with Crippen LogP contribution in [0.15, 0.2) is 47.4 Å². The van der Waals surface area contributed by atoms with Crippen LogP contribution in [0.1, 0.15) is 34.6 Å². The van der Waals surface area contributed by atoms with Crippen molar-refractivity contribution in [3.05, 3.63) is 80.7 Å². The first-order chi connectivity index (χ1) is 19.2. The third-order valence-corrected chi connectivity index (χ3v) is 7.26. The number of nitrogens with one attached hydrogen (secondary N) is 2. The van der Waals surface area contributed by atoms with Crippen molar-refractivity contribution in [3.8, 4) is 11.4 Å². The van der Waals surface area contributed by atoms with E-state index in [4.69, 9.17) is 16.6 Å².